The Labute approximate surface area is 237 Å². The highest BCUT2D eigenvalue weighted by Gasteiger charge is 2.30. The number of piperidine rings is 1. The first-order valence-corrected chi connectivity index (χ1v) is 17.3. The number of carbonyl (C=O) groups is 3. The maximum atomic E-state index is 13.7. The number of amides is 2. The lowest BCUT2D eigenvalue weighted by Gasteiger charge is -2.35. The largest absolute Gasteiger partial charge is 0.490 e. The van der Waals surface area contributed by atoms with Crippen LogP contribution in [0.5, 0.6) is 11.5 Å². The second kappa shape index (κ2) is 16.9. The van der Waals surface area contributed by atoms with Gasteiger partial charge in [-0.15, -0.1) is 0 Å². The van der Waals surface area contributed by atoms with Crippen LogP contribution in [-0.2, 0) is 19.0 Å². The van der Waals surface area contributed by atoms with E-state index in [2.05, 4.69) is 36.3 Å². The van der Waals surface area contributed by atoms with Crippen LogP contribution in [-0.4, -0.2) is 89.0 Å². The molecule has 1 aliphatic heterocycles. The van der Waals surface area contributed by atoms with E-state index in [4.69, 9.17) is 18.9 Å². The number of methoxy groups -OCH3 is 1. The smallest absolute Gasteiger partial charge is 0.411 e. The van der Waals surface area contributed by atoms with Crippen LogP contribution in [0.3, 0.4) is 0 Å². The molecular weight excluding hydrogens is 536 g/mol. The molecule has 224 valence electrons. The molecule has 0 aliphatic carbocycles. The van der Waals surface area contributed by atoms with Crippen LogP contribution in [0.15, 0.2) is 24.8 Å². The van der Waals surface area contributed by atoms with E-state index in [0.29, 0.717) is 26.0 Å². The second-order valence-corrected chi connectivity index (χ2v) is 16.3. The zero-order valence-electron chi connectivity index (χ0n) is 24.2. The minimum atomic E-state index is -1.29. The number of benzene rings is 1. The van der Waals surface area contributed by atoms with Gasteiger partial charge < -0.3 is 33.7 Å². The van der Waals surface area contributed by atoms with Gasteiger partial charge in [0.1, 0.15) is 6.61 Å². The number of aliphatic hydroxyl groups excluding tert-OH is 1. The van der Waals surface area contributed by atoms with Crippen molar-refractivity contribution in [1.82, 2.24) is 4.90 Å². The molecule has 1 aromatic rings. The molecule has 0 radical (unpaired) electrons. The number of anilines is 1. The van der Waals surface area contributed by atoms with Crippen molar-refractivity contribution in [2.45, 2.75) is 63.8 Å². The minimum absolute atomic E-state index is 0.0132. The molecule has 2 N–H and O–H groups in total. The van der Waals surface area contributed by atoms with Crippen LogP contribution >= 0.6 is 0 Å². The van der Waals surface area contributed by atoms with Gasteiger partial charge in [-0.1, -0.05) is 32.3 Å². The van der Waals surface area contributed by atoms with Crippen molar-refractivity contribution in [3.8, 4) is 11.5 Å². The molecule has 0 spiro atoms. The fourth-order valence-corrected chi connectivity index (χ4v) is 4.76. The monoisotopic (exact) mass is 580 g/mol. The van der Waals surface area contributed by atoms with Gasteiger partial charge in [-0.3, -0.25) is 14.9 Å². The number of ether oxygens (including phenoxy) is 5. The van der Waals surface area contributed by atoms with E-state index in [0.717, 1.165) is 18.9 Å². The van der Waals surface area contributed by atoms with Crippen LogP contribution in [0.2, 0.25) is 25.7 Å². The van der Waals surface area contributed by atoms with E-state index >= 15 is 0 Å². The molecule has 1 atom stereocenters. The summed E-state index contributed by atoms with van der Waals surface area (Å²) in [4.78, 5) is 39.3. The van der Waals surface area contributed by atoms with Gasteiger partial charge >= 0.3 is 12.1 Å². The maximum absolute atomic E-state index is 13.7. The zero-order valence-corrected chi connectivity index (χ0v) is 25.2. The summed E-state index contributed by atoms with van der Waals surface area (Å²) in [6.45, 7) is 11.2. The molecule has 1 heterocycles. The lowest BCUT2D eigenvalue weighted by Crippen LogP contribution is -2.45. The van der Waals surface area contributed by atoms with Gasteiger partial charge in [-0.2, -0.15) is 0 Å². The highest BCUT2D eigenvalue weighted by molar-refractivity contribution is 6.76. The van der Waals surface area contributed by atoms with Gasteiger partial charge in [-0.05, 0) is 37.8 Å². The molecule has 2 rings (SSSR count). The van der Waals surface area contributed by atoms with E-state index < -0.39 is 14.2 Å². The summed E-state index contributed by atoms with van der Waals surface area (Å²) in [6.07, 6.45) is 3.61. The van der Waals surface area contributed by atoms with Crippen molar-refractivity contribution in [2.75, 3.05) is 52.2 Å². The predicted molar refractivity (Wildman–Crippen MR) is 154 cm³/mol. The molecule has 1 saturated heterocycles. The maximum Gasteiger partial charge on any atom is 0.411 e. The highest BCUT2D eigenvalue weighted by Crippen LogP contribution is 2.36. The number of nitrogens with one attached hydrogen (secondary N) is 1. The Balaban J connectivity index is 2.38. The standard InChI is InChI=1S/C28H44N2O9Si/c1-6-13-38-28(34)29-23-18-25(37-14-9-11-26(32)35-2)24(39-20-36-15-16-40(3,4)5)17-22(23)27(33)30-12-8-7-10-21(30)19-31/h6,17-18,21,31H,1,7-16,19-20H2,2-5H3,(H,29,34)/t21-/m0/s1. The van der Waals surface area contributed by atoms with E-state index in [1.807, 2.05) is 0 Å². The molecule has 1 aromatic carbocycles. The Bertz CT molecular complexity index is 997. The molecule has 0 bridgehead atoms. The number of aliphatic hydroxyl groups is 1. The molecule has 11 nitrogen and oxygen atoms in total. The predicted octanol–water partition coefficient (Wildman–Crippen LogP) is 4.43. The molecule has 12 heteroatoms. The van der Waals surface area contributed by atoms with E-state index in [1.54, 1.807) is 4.90 Å². The Kier molecular flexibility index (Phi) is 14.0. The zero-order chi connectivity index (χ0) is 29.5. The number of nitrogens with zero attached hydrogens (tertiary/aromatic N) is 1. The summed E-state index contributed by atoms with van der Waals surface area (Å²) >= 11 is 0. The highest BCUT2D eigenvalue weighted by atomic mass is 28.3. The number of esters is 1. The van der Waals surface area contributed by atoms with Crippen molar-refractivity contribution in [1.29, 1.82) is 0 Å². The van der Waals surface area contributed by atoms with E-state index in [1.165, 1.54) is 25.3 Å². The number of carbonyl (C=O) groups excluding carboxylic acids is 3. The molecule has 2 amide bonds. The Morgan fingerprint density at radius 2 is 1.90 bits per heavy atom. The van der Waals surface area contributed by atoms with Crippen molar-refractivity contribution >= 4 is 31.7 Å². The fraction of sp³-hybridized carbons (Fsp3) is 0.607. The first-order valence-electron chi connectivity index (χ1n) is 13.6. The van der Waals surface area contributed by atoms with E-state index in [9.17, 15) is 19.5 Å². The Morgan fingerprint density at radius 3 is 2.58 bits per heavy atom. The normalized spacial score (nSPS) is 15.2. The summed E-state index contributed by atoms with van der Waals surface area (Å²) in [7, 11) is 0.0295. The lowest BCUT2D eigenvalue weighted by molar-refractivity contribution is -0.140. The molecule has 1 aliphatic rings. The summed E-state index contributed by atoms with van der Waals surface area (Å²) in [5.41, 5.74) is 0.325. The number of hydrogen-bond donors (Lipinski definition) is 2. The molecular formula is C28H44N2O9Si. The molecule has 1 fully saturated rings. The van der Waals surface area contributed by atoms with E-state index in [-0.39, 0.29) is 73.7 Å². The Morgan fingerprint density at radius 1 is 1.15 bits per heavy atom. The van der Waals surface area contributed by atoms with Gasteiger partial charge in [0.2, 0.25) is 0 Å². The van der Waals surface area contributed by atoms with Crippen LogP contribution in [0.25, 0.3) is 0 Å². The topological polar surface area (TPSA) is 133 Å². The first kappa shape index (κ1) is 33.1. The number of rotatable bonds is 16. The molecule has 40 heavy (non-hydrogen) atoms. The quantitative estimate of drug-likeness (QED) is 0.0958. The third-order valence-corrected chi connectivity index (χ3v) is 7.99. The second-order valence-electron chi connectivity index (χ2n) is 10.7. The lowest BCUT2D eigenvalue weighted by atomic mass is 10.0. The number of hydrogen-bond acceptors (Lipinski definition) is 9. The SMILES string of the molecule is C=CCOC(=O)Nc1cc(OCCCC(=O)OC)c(OCOCC[Si](C)(C)C)cc1C(=O)N1CCCC[C@H]1CO. The fourth-order valence-electron chi connectivity index (χ4n) is 4.00. The van der Waals surface area contributed by atoms with Gasteiger partial charge in [0.25, 0.3) is 5.91 Å². The summed E-state index contributed by atoms with van der Waals surface area (Å²) in [5, 5.41) is 12.5. The van der Waals surface area contributed by atoms with Gasteiger partial charge in [0.05, 0.1) is 37.6 Å². The summed E-state index contributed by atoms with van der Waals surface area (Å²) < 4.78 is 27.3. The van der Waals surface area contributed by atoms with Crippen molar-refractivity contribution in [3.63, 3.8) is 0 Å². The Hall–Kier alpha value is -3.09. The summed E-state index contributed by atoms with van der Waals surface area (Å²) in [5.74, 6) is -0.216. The summed E-state index contributed by atoms with van der Waals surface area (Å²) in [6, 6.07) is 3.64. The van der Waals surface area contributed by atoms with Crippen LogP contribution in [0.1, 0.15) is 42.5 Å². The van der Waals surface area contributed by atoms with Crippen LogP contribution in [0.4, 0.5) is 10.5 Å². The minimum Gasteiger partial charge on any atom is -0.490 e. The number of likely N-dealkylation sites (tertiary alicyclic amines) is 1. The average Bonchev–Trinajstić information content (AvgIpc) is 2.93. The average molecular weight is 581 g/mol. The third-order valence-electron chi connectivity index (χ3n) is 6.29. The van der Waals surface area contributed by atoms with Crippen molar-refractivity contribution < 1.29 is 43.2 Å². The third kappa shape index (κ3) is 11.2. The van der Waals surface area contributed by atoms with Gasteiger partial charge in [0.15, 0.2) is 18.3 Å². The van der Waals surface area contributed by atoms with Gasteiger partial charge in [0, 0.05) is 33.7 Å². The molecule has 0 unspecified atom stereocenters. The van der Waals surface area contributed by atoms with Crippen LogP contribution in [0, 0.1) is 0 Å². The van der Waals surface area contributed by atoms with Crippen LogP contribution < -0.4 is 14.8 Å². The van der Waals surface area contributed by atoms with Crippen molar-refractivity contribution in [2.24, 2.45) is 0 Å². The van der Waals surface area contributed by atoms with Gasteiger partial charge in [-0.25, -0.2) is 4.79 Å². The molecule has 0 saturated carbocycles. The van der Waals surface area contributed by atoms with Crippen molar-refractivity contribution in [3.05, 3.63) is 30.4 Å². The molecule has 0 aromatic heterocycles. The first-order chi connectivity index (χ1) is 19.1.